The summed E-state index contributed by atoms with van der Waals surface area (Å²) in [6.07, 6.45) is 2.21. The predicted octanol–water partition coefficient (Wildman–Crippen LogP) is 2.22. The molecule has 0 saturated carbocycles. The minimum absolute atomic E-state index is 0.204. The molecule has 0 amide bonds. The summed E-state index contributed by atoms with van der Waals surface area (Å²) in [5, 5.41) is 11.6. The van der Waals surface area contributed by atoms with Crippen molar-refractivity contribution < 1.29 is 14.7 Å². The Kier molecular flexibility index (Phi) is 2.50. The van der Waals surface area contributed by atoms with Crippen molar-refractivity contribution in [2.75, 3.05) is 7.11 Å². The molecule has 2 rings (SSSR count). The molecular weight excluding hydrogens is 206 g/mol. The number of ether oxygens (including phenoxy) is 2. The minimum Gasteiger partial charge on any atom is -0.493 e. The van der Waals surface area contributed by atoms with Gasteiger partial charge in [0.1, 0.15) is 5.60 Å². The zero-order valence-corrected chi connectivity index (χ0v) is 9.65. The Morgan fingerprint density at radius 3 is 2.88 bits per heavy atom. The quantitative estimate of drug-likeness (QED) is 0.473. The number of fused-ring (bicyclic) bond motifs is 1. The summed E-state index contributed by atoms with van der Waals surface area (Å²) < 4.78 is 11.1. The molecule has 1 aromatic rings. The molecule has 0 atom stereocenters. The first kappa shape index (κ1) is 10.8. The van der Waals surface area contributed by atoms with Gasteiger partial charge in [-0.2, -0.15) is 0 Å². The summed E-state index contributed by atoms with van der Waals surface area (Å²) >= 11 is 0. The first-order valence-corrected chi connectivity index (χ1v) is 5.13. The second kappa shape index (κ2) is 3.70. The van der Waals surface area contributed by atoms with Gasteiger partial charge in [-0.15, -0.1) is 0 Å². The minimum atomic E-state index is -0.204. The van der Waals surface area contributed by atoms with Gasteiger partial charge in [-0.1, -0.05) is 5.16 Å². The molecule has 1 heterocycles. The third-order valence-corrected chi connectivity index (χ3v) is 2.58. The normalized spacial score (nSPS) is 17.2. The Morgan fingerprint density at radius 2 is 2.25 bits per heavy atom. The summed E-state index contributed by atoms with van der Waals surface area (Å²) in [6.45, 7) is 4.07. The first-order chi connectivity index (χ1) is 7.55. The number of hydrogen-bond donors (Lipinski definition) is 1. The monoisotopic (exact) mass is 221 g/mol. The fraction of sp³-hybridized carbons (Fsp3) is 0.417. The third kappa shape index (κ3) is 1.83. The fourth-order valence-corrected chi connectivity index (χ4v) is 1.99. The van der Waals surface area contributed by atoms with Crippen LogP contribution in [-0.4, -0.2) is 24.1 Å². The highest BCUT2D eigenvalue weighted by Gasteiger charge is 2.32. The summed E-state index contributed by atoms with van der Waals surface area (Å²) in [4.78, 5) is 0. The van der Waals surface area contributed by atoms with E-state index in [1.165, 1.54) is 6.21 Å². The molecule has 1 aliphatic rings. The molecule has 16 heavy (non-hydrogen) atoms. The van der Waals surface area contributed by atoms with Crippen molar-refractivity contribution in [3.8, 4) is 11.5 Å². The van der Waals surface area contributed by atoms with Gasteiger partial charge in [0, 0.05) is 17.5 Å². The maximum Gasteiger partial charge on any atom is 0.165 e. The number of oxime groups is 1. The van der Waals surface area contributed by atoms with E-state index in [1.54, 1.807) is 13.2 Å². The van der Waals surface area contributed by atoms with Crippen LogP contribution in [0.15, 0.2) is 17.3 Å². The van der Waals surface area contributed by atoms with Crippen LogP contribution >= 0.6 is 0 Å². The maximum absolute atomic E-state index is 8.53. The van der Waals surface area contributed by atoms with Crippen LogP contribution < -0.4 is 9.47 Å². The van der Waals surface area contributed by atoms with E-state index >= 15 is 0 Å². The Bertz CT molecular complexity index is 438. The average Bonchev–Trinajstić information content (AvgIpc) is 2.51. The lowest BCUT2D eigenvalue weighted by atomic mass is 10.00. The largest absolute Gasteiger partial charge is 0.493 e. The van der Waals surface area contributed by atoms with E-state index in [4.69, 9.17) is 14.7 Å². The summed E-state index contributed by atoms with van der Waals surface area (Å²) in [6, 6.07) is 3.74. The van der Waals surface area contributed by atoms with Crippen molar-refractivity contribution in [1.82, 2.24) is 0 Å². The van der Waals surface area contributed by atoms with Crippen molar-refractivity contribution in [3.05, 3.63) is 23.3 Å². The summed E-state index contributed by atoms with van der Waals surface area (Å²) in [7, 11) is 1.60. The van der Waals surface area contributed by atoms with Crippen LogP contribution in [0.1, 0.15) is 25.0 Å². The highest BCUT2D eigenvalue weighted by Crippen LogP contribution is 2.42. The predicted molar refractivity (Wildman–Crippen MR) is 60.8 cm³/mol. The molecule has 0 fully saturated rings. The standard InChI is InChI=1S/C12H15NO3/c1-12(2)6-9-4-8(7-13-14)5-10(15-3)11(9)16-12/h4-5,7,14H,6H2,1-3H3/b13-7+. The average molecular weight is 221 g/mol. The van der Waals surface area contributed by atoms with E-state index in [-0.39, 0.29) is 5.60 Å². The van der Waals surface area contributed by atoms with Gasteiger partial charge in [-0.3, -0.25) is 0 Å². The van der Waals surface area contributed by atoms with Crippen molar-refractivity contribution in [2.24, 2.45) is 5.16 Å². The third-order valence-electron chi connectivity index (χ3n) is 2.58. The number of methoxy groups -OCH3 is 1. The lowest BCUT2D eigenvalue weighted by Gasteiger charge is -2.17. The molecule has 1 aliphatic heterocycles. The van der Waals surface area contributed by atoms with Crippen LogP contribution in [0, 0.1) is 0 Å². The molecule has 0 aromatic heterocycles. The molecular formula is C12H15NO3. The van der Waals surface area contributed by atoms with Crippen molar-refractivity contribution in [3.63, 3.8) is 0 Å². The Morgan fingerprint density at radius 1 is 1.50 bits per heavy atom. The second-order valence-corrected chi connectivity index (χ2v) is 4.49. The van der Waals surface area contributed by atoms with Crippen LogP contribution in [0.4, 0.5) is 0 Å². The summed E-state index contributed by atoms with van der Waals surface area (Å²) in [5.74, 6) is 1.47. The van der Waals surface area contributed by atoms with Gasteiger partial charge in [-0.05, 0) is 26.0 Å². The molecule has 4 heteroatoms. The van der Waals surface area contributed by atoms with Gasteiger partial charge in [0.2, 0.25) is 0 Å². The molecule has 86 valence electrons. The molecule has 1 N–H and O–H groups in total. The van der Waals surface area contributed by atoms with E-state index in [2.05, 4.69) is 5.16 Å². The molecule has 0 bridgehead atoms. The van der Waals surface area contributed by atoms with Crippen LogP contribution in [0.5, 0.6) is 11.5 Å². The Balaban J connectivity index is 2.49. The van der Waals surface area contributed by atoms with E-state index < -0.39 is 0 Å². The number of nitrogens with zero attached hydrogens (tertiary/aromatic N) is 1. The van der Waals surface area contributed by atoms with Gasteiger partial charge in [0.15, 0.2) is 11.5 Å². The molecule has 0 unspecified atom stereocenters. The number of rotatable bonds is 2. The first-order valence-electron chi connectivity index (χ1n) is 5.13. The van der Waals surface area contributed by atoms with Gasteiger partial charge < -0.3 is 14.7 Å². The Hall–Kier alpha value is -1.71. The summed E-state index contributed by atoms with van der Waals surface area (Å²) in [5.41, 5.74) is 1.68. The SMILES string of the molecule is COc1cc(/C=N/O)cc2c1OC(C)(C)C2. The van der Waals surface area contributed by atoms with Gasteiger partial charge >= 0.3 is 0 Å². The van der Waals surface area contributed by atoms with Crippen molar-refractivity contribution >= 4 is 6.21 Å². The van der Waals surface area contributed by atoms with E-state index in [1.807, 2.05) is 19.9 Å². The highest BCUT2D eigenvalue weighted by molar-refractivity contribution is 5.81. The van der Waals surface area contributed by atoms with Crippen LogP contribution in [0.25, 0.3) is 0 Å². The number of hydrogen-bond acceptors (Lipinski definition) is 4. The van der Waals surface area contributed by atoms with Crippen molar-refractivity contribution in [2.45, 2.75) is 25.9 Å². The van der Waals surface area contributed by atoms with E-state index in [0.717, 1.165) is 23.3 Å². The lowest BCUT2D eigenvalue weighted by Crippen LogP contribution is -2.24. The molecule has 1 aromatic carbocycles. The zero-order chi connectivity index (χ0) is 11.8. The zero-order valence-electron chi connectivity index (χ0n) is 9.65. The lowest BCUT2D eigenvalue weighted by molar-refractivity contribution is 0.134. The van der Waals surface area contributed by atoms with Crippen molar-refractivity contribution in [1.29, 1.82) is 0 Å². The number of benzene rings is 1. The Labute approximate surface area is 94.5 Å². The fourth-order valence-electron chi connectivity index (χ4n) is 1.99. The van der Waals surface area contributed by atoms with Gasteiger partial charge in [0.05, 0.1) is 13.3 Å². The van der Waals surface area contributed by atoms with Crippen LogP contribution in [-0.2, 0) is 6.42 Å². The smallest absolute Gasteiger partial charge is 0.165 e. The molecule has 0 radical (unpaired) electrons. The van der Waals surface area contributed by atoms with Crippen LogP contribution in [0.2, 0.25) is 0 Å². The topological polar surface area (TPSA) is 51.0 Å². The molecule has 4 nitrogen and oxygen atoms in total. The van der Waals surface area contributed by atoms with Crippen LogP contribution in [0.3, 0.4) is 0 Å². The highest BCUT2D eigenvalue weighted by atomic mass is 16.5. The second-order valence-electron chi connectivity index (χ2n) is 4.49. The molecule has 0 saturated heterocycles. The van der Waals surface area contributed by atoms with E-state index in [0.29, 0.717) is 5.75 Å². The molecule has 0 aliphatic carbocycles. The maximum atomic E-state index is 8.53. The van der Waals surface area contributed by atoms with Gasteiger partial charge in [-0.25, -0.2) is 0 Å². The molecule has 0 spiro atoms. The van der Waals surface area contributed by atoms with Gasteiger partial charge in [0.25, 0.3) is 0 Å². The van der Waals surface area contributed by atoms with E-state index in [9.17, 15) is 0 Å².